The molecule has 0 fully saturated rings. The van der Waals surface area contributed by atoms with Crippen LogP contribution >= 0.6 is 0 Å². The van der Waals surface area contributed by atoms with Gasteiger partial charge in [-0.05, 0) is 21.9 Å². The maximum Gasteiger partial charge on any atom is 0.331 e. The number of aromatic nitrogens is 4. The Morgan fingerprint density at radius 1 is 0.829 bits per heavy atom. The number of rotatable bonds is 7. The SMILES string of the molecule is O=C(Cn1c(=O)ccn(Cc2ccccc2)c1=O)Nc1ccnn1Cc1cccc2ccccc12. The lowest BCUT2D eigenvalue weighted by Gasteiger charge is -2.12. The Labute approximate surface area is 200 Å². The Morgan fingerprint density at radius 2 is 1.60 bits per heavy atom. The summed E-state index contributed by atoms with van der Waals surface area (Å²) in [6.07, 6.45) is 3.05. The lowest BCUT2D eigenvalue weighted by Crippen LogP contribution is -2.42. The maximum absolute atomic E-state index is 12.9. The van der Waals surface area contributed by atoms with Crippen LogP contribution < -0.4 is 16.6 Å². The normalized spacial score (nSPS) is 11.0. The molecule has 0 bridgehead atoms. The van der Waals surface area contributed by atoms with Crippen molar-refractivity contribution >= 4 is 22.5 Å². The van der Waals surface area contributed by atoms with Gasteiger partial charge in [0.2, 0.25) is 5.91 Å². The highest BCUT2D eigenvalue weighted by atomic mass is 16.2. The number of nitrogens with zero attached hydrogens (tertiary/aromatic N) is 4. The first kappa shape index (κ1) is 22.1. The fraction of sp³-hybridized carbons (Fsp3) is 0.111. The van der Waals surface area contributed by atoms with E-state index in [4.69, 9.17) is 0 Å². The van der Waals surface area contributed by atoms with Crippen LogP contribution in [-0.4, -0.2) is 24.8 Å². The third-order valence-electron chi connectivity index (χ3n) is 5.82. The maximum atomic E-state index is 12.9. The number of carbonyl (C=O) groups is 1. The van der Waals surface area contributed by atoms with Crippen molar-refractivity contribution in [2.24, 2.45) is 0 Å². The number of hydrogen-bond donors (Lipinski definition) is 1. The van der Waals surface area contributed by atoms with Crippen LogP contribution in [0, 0.1) is 0 Å². The van der Waals surface area contributed by atoms with Crippen LogP contribution in [-0.2, 0) is 24.4 Å². The summed E-state index contributed by atoms with van der Waals surface area (Å²) in [7, 11) is 0. The average Bonchev–Trinajstić information content (AvgIpc) is 3.30. The van der Waals surface area contributed by atoms with E-state index in [1.807, 2.05) is 66.7 Å². The molecule has 0 saturated heterocycles. The molecule has 174 valence electrons. The van der Waals surface area contributed by atoms with Gasteiger partial charge in [0.15, 0.2) is 0 Å². The summed E-state index contributed by atoms with van der Waals surface area (Å²) >= 11 is 0. The molecular formula is C27H23N5O3. The van der Waals surface area contributed by atoms with Gasteiger partial charge in [-0.15, -0.1) is 0 Å². The van der Waals surface area contributed by atoms with E-state index in [-0.39, 0.29) is 0 Å². The van der Waals surface area contributed by atoms with Gasteiger partial charge in [0.05, 0.1) is 19.3 Å². The number of nitrogens with one attached hydrogen (secondary N) is 1. The summed E-state index contributed by atoms with van der Waals surface area (Å²) in [5.74, 6) is -0.00199. The molecule has 0 unspecified atom stereocenters. The first-order chi connectivity index (χ1) is 17.1. The van der Waals surface area contributed by atoms with Crippen LogP contribution in [0.2, 0.25) is 0 Å². The Balaban J connectivity index is 1.34. The molecule has 0 spiro atoms. The molecule has 2 heterocycles. The molecule has 3 aromatic carbocycles. The van der Waals surface area contributed by atoms with E-state index < -0.39 is 23.7 Å². The van der Waals surface area contributed by atoms with E-state index >= 15 is 0 Å². The number of fused-ring (bicyclic) bond motifs is 1. The van der Waals surface area contributed by atoms with Gasteiger partial charge in [0.25, 0.3) is 5.56 Å². The highest BCUT2D eigenvalue weighted by Crippen LogP contribution is 2.20. The van der Waals surface area contributed by atoms with Crippen LogP contribution in [0.25, 0.3) is 10.8 Å². The number of anilines is 1. The van der Waals surface area contributed by atoms with Gasteiger partial charge >= 0.3 is 5.69 Å². The standard InChI is InChI=1S/C27H23N5O3/c33-25(19-31-26(34)14-16-30(27(31)35)17-20-7-2-1-3-8-20)29-24-13-15-28-32(24)18-22-11-6-10-21-9-4-5-12-23(21)22/h1-16H,17-19H2,(H,29,33). The largest absolute Gasteiger partial charge is 0.331 e. The second kappa shape index (κ2) is 9.64. The van der Waals surface area contributed by atoms with Gasteiger partial charge in [-0.25, -0.2) is 9.48 Å². The summed E-state index contributed by atoms with van der Waals surface area (Å²) in [4.78, 5) is 38.1. The van der Waals surface area contributed by atoms with Crippen LogP contribution in [0.1, 0.15) is 11.1 Å². The predicted molar refractivity (Wildman–Crippen MR) is 134 cm³/mol. The Morgan fingerprint density at radius 3 is 2.46 bits per heavy atom. The van der Waals surface area contributed by atoms with Crippen molar-refractivity contribution in [1.29, 1.82) is 0 Å². The van der Waals surface area contributed by atoms with E-state index in [1.165, 1.54) is 16.8 Å². The monoisotopic (exact) mass is 465 g/mol. The zero-order valence-electron chi connectivity index (χ0n) is 18.9. The molecule has 8 nitrogen and oxygen atoms in total. The Hall–Kier alpha value is -4.72. The van der Waals surface area contributed by atoms with Crippen molar-refractivity contribution in [3.8, 4) is 0 Å². The van der Waals surface area contributed by atoms with Crippen LogP contribution in [0.15, 0.2) is 107 Å². The number of carbonyl (C=O) groups excluding carboxylic acids is 1. The molecule has 35 heavy (non-hydrogen) atoms. The molecule has 0 atom stereocenters. The van der Waals surface area contributed by atoms with Crippen LogP contribution in [0.4, 0.5) is 5.82 Å². The van der Waals surface area contributed by atoms with E-state index in [0.717, 1.165) is 26.5 Å². The highest BCUT2D eigenvalue weighted by Gasteiger charge is 2.13. The third-order valence-corrected chi connectivity index (χ3v) is 5.82. The molecule has 0 radical (unpaired) electrons. The van der Waals surface area contributed by atoms with E-state index in [1.54, 1.807) is 16.9 Å². The molecule has 0 saturated carbocycles. The van der Waals surface area contributed by atoms with Gasteiger partial charge in [-0.2, -0.15) is 5.10 Å². The molecule has 8 heteroatoms. The van der Waals surface area contributed by atoms with Crippen molar-refractivity contribution in [1.82, 2.24) is 18.9 Å². The third kappa shape index (κ3) is 4.81. The summed E-state index contributed by atoms with van der Waals surface area (Å²) in [5, 5.41) is 9.36. The van der Waals surface area contributed by atoms with Crippen molar-refractivity contribution < 1.29 is 4.79 Å². The number of amides is 1. The number of hydrogen-bond acceptors (Lipinski definition) is 4. The first-order valence-corrected chi connectivity index (χ1v) is 11.2. The van der Waals surface area contributed by atoms with Gasteiger partial charge in [0, 0.05) is 18.3 Å². The summed E-state index contributed by atoms with van der Waals surface area (Å²) in [6, 6.07) is 26.6. The van der Waals surface area contributed by atoms with Crippen molar-refractivity contribution in [3.05, 3.63) is 129 Å². The van der Waals surface area contributed by atoms with E-state index in [0.29, 0.717) is 18.9 Å². The summed E-state index contributed by atoms with van der Waals surface area (Å²) in [5.41, 5.74) is 0.909. The van der Waals surface area contributed by atoms with Crippen molar-refractivity contribution in [3.63, 3.8) is 0 Å². The molecule has 0 aliphatic carbocycles. The van der Waals surface area contributed by atoms with E-state index in [2.05, 4.69) is 16.5 Å². The fourth-order valence-corrected chi connectivity index (χ4v) is 4.09. The molecule has 1 amide bonds. The van der Waals surface area contributed by atoms with Crippen molar-refractivity contribution in [2.45, 2.75) is 19.6 Å². The van der Waals surface area contributed by atoms with Crippen molar-refractivity contribution in [2.75, 3.05) is 5.32 Å². The smallest absolute Gasteiger partial charge is 0.309 e. The van der Waals surface area contributed by atoms with Gasteiger partial charge in [-0.1, -0.05) is 72.8 Å². The molecule has 5 aromatic rings. The zero-order chi connectivity index (χ0) is 24.2. The van der Waals surface area contributed by atoms with E-state index in [9.17, 15) is 14.4 Å². The van der Waals surface area contributed by atoms with Crippen LogP contribution in [0.3, 0.4) is 0 Å². The minimum atomic E-state index is -0.541. The zero-order valence-corrected chi connectivity index (χ0v) is 18.9. The van der Waals surface area contributed by atoms with Gasteiger partial charge in [-0.3, -0.25) is 18.7 Å². The second-order valence-electron chi connectivity index (χ2n) is 8.20. The summed E-state index contributed by atoms with van der Waals surface area (Å²) in [6.45, 7) is 0.366. The first-order valence-electron chi connectivity index (χ1n) is 11.2. The average molecular weight is 466 g/mol. The molecule has 0 aliphatic rings. The van der Waals surface area contributed by atoms with Gasteiger partial charge < -0.3 is 5.32 Å². The minimum Gasteiger partial charge on any atom is -0.309 e. The number of benzene rings is 3. The summed E-state index contributed by atoms with van der Waals surface area (Å²) < 4.78 is 4.03. The Bertz CT molecular complexity index is 1610. The quantitative estimate of drug-likeness (QED) is 0.400. The minimum absolute atomic E-state index is 0.305. The fourth-order valence-electron chi connectivity index (χ4n) is 4.09. The second-order valence-corrected chi connectivity index (χ2v) is 8.20. The predicted octanol–water partition coefficient (Wildman–Crippen LogP) is 3.10. The highest BCUT2D eigenvalue weighted by molar-refractivity contribution is 5.90. The van der Waals surface area contributed by atoms with Crippen LogP contribution in [0.5, 0.6) is 0 Å². The topological polar surface area (TPSA) is 90.9 Å². The molecular weight excluding hydrogens is 442 g/mol. The Kier molecular flexibility index (Phi) is 6.09. The lowest BCUT2D eigenvalue weighted by atomic mass is 10.0. The molecule has 0 aliphatic heterocycles. The molecule has 1 N–H and O–H groups in total. The lowest BCUT2D eigenvalue weighted by molar-refractivity contribution is -0.116. The molecule has 2 aromatic heterocycles. The van der Waals surface area contributed by atoms with Gasteiger partial charge in [0.1, 0.15) is 12.4 Å². The molecule has 5 rings (SSSR count).